The maximum absolute atomic E-state index is 13.2. The fraction of sp³-hybridized carbons (Fsp3) is 0.114. The van der Waals surface area contributed by atoms with Crippen molar-refractivity contribution in [2.24, 2.45) is 0 Å². The van der Waals surface area contributed by atoms with Gasteiger partial charge in [0.2, 0.25) is 0 Å². The molecule has 268 valence electrons. The molecule has 0 aromatic heterocycles. The summed E-state index contributed by atoms with van der Waals surface area (Å²) in [4.78, 5) is 62.6. The Kier molecular flexibility index (Phi) is 10.9. The molecule has 0 saturated carbocycles. The van der Waals surface area contributed by atoms with Crippen LogP contribution in [0, 0.1) is 0 Å². The molecule has 17 heteroatoms. The zero-order valence-electron chi connectivity index (χ0n) is 26.6. The predicted octanol–water partition coefficient (Wildman–Crippen LogP) is 4.95. The molecule has 1 aliphatic heterocycles. The Morgan fingerprint density at radius 1 is 0.654 bits per heavy atom. The molecule has 52 heavy (non-hydrogen) atoms. The van der Waals surface area contributed by atoms with Crippen LogP contribution in [0.4, 0.5) is 18.9 Å². The van der Waals surface area contributed by atoms with Gasteiger partial charge in [-0.2, -0.15) is 21.6 Å². The number of hydrogen-bond acceptors (Lipinski definition) is 12. The van der Waals surface area contributed by atoms with Crippen molar-refractivity contribution in [1.29, 1.82) is 0 Å². The van der Waals surface area contributed by atoms with Crippen LogP contribution in [0.3, 0.4) is 0 Å². The van der Waals surface area contributed by atoms with Gasteiger partial charge in [0.1, 0.15) is 23.0 Å². The van der Waals surface area contributed by atoms with Crippen molar-refractivity contribution in [3.8, 4) is 23.0 Å². The van der Waals surface area contributed by atoms with Gasteiger partial charge in [-0.15, -0.1) is 0 Å². The molecular weight excluding hydrogens is 715 g/mol. The Balaban J connectivity index is 1.22. The largest absolute Gasteiger partial charge is 0.523 e. The van der Waals surface area contributed by atoms with Crippen LogP contribution in [0.1, 0.15) is 26.3 Å². The van der Waals surface area contributed by atoms with Crippen molar-refractivity contribution in [2.45, 2.75) is 18.0 Å². The van der Waals surface area contributed by atoms with E-state index in [4.69, 9.17) is 18.9 Å². The van der Waals surface area contributed by atoms with E-state index in [1.54, 1.807) is 12.1 Å². The lowest BCUT2D eigenvalue weighted by Crippen LogP contribution is -2.37. The van der Waals surface area contributed by atoms with Crippen LogP contribution >= 0.6 is 0 Å². The highest BCUT2D eigenvalue weighted by molar-refractivity contribution is 7.87. The lowest BCUT2D eigenvalue weighted by molar-refractivity contribution is -0.143. The minimum Gasteiger partial charge on any atom is -0.497 e. The second-order valence-electron chi connectivity index (χ2n) is 10.6. The van der Waals surface area contributed by atoms with Crippen LogP contribution in [0.5, 0.6) is 23.0 Å². The summed E-state index contributed by atoms with van der Waals surface area (Å²) in [5, 5.41) is 0. The van der Waals surface area contributed by atoms with Crippen molar-refractivity contribution in [3.05, 3.63) is 126 Å². The molecule has 0 radical (unpaired) electrons. The van der Waals surface area contributed by atoms with Crippen LogP contribution in [0.15, 0.2) is 109 Å². The van der Waals surface area contributed by atoms with E-state index in [1.165, 1.54) is 79.9 Å². The van der Waals surface area contributed by atoms with Crippen molar-refractivity contribution in [2.75, 3.05) is 12.0 Å². The van der Waals surface area contributed by atoms with E-state index in [0.717, 1.165) is 29.2 Å². The Labute approximate surface area is 292 Å². The number of amides is 2. The van der Waals surface area contributed by atoms with Crippen LogP contribution in [0.2, 0.25) is 0 Å². The van der Waals surface area contributed by atoms with Crippen molar-refractivity contribution >= 4 is 45.5 Å². The highest BCUT2D eigenvalue weighted by Gasteiger charge is 2.50. The SMILES string of the molecule is COc1ccc(C(=O)Oc2ccc(C(=O)Oc3ccc(CC(OS(=O)(=O)C(F)(F)F)C(=O)Oc4ccc(N5C(=O)C=CC5=O)cc4)cc3)cc2)cc1. The molecule has 1 unspecified atom stereocenters. The van der Waals surface area contributed by atoms with E-state index in [-0.39, 0.29) is 39.6 Å². The number of benzene rings is 4. The number of nitrogens with zero attached hydrogens (tertiary/aromatic N) is 1. The molecule has 0 fully saturated rings. The lowest BCUT2D eigenvalue weighted by Gasteiger charge is -2.18. The first-order valence-corrected chi connectivity index (χ1v) is 16.2. The van der Waals surface area contributed by atoms with Crippen LogP contribution < -0.4 is 23.8 Å². The number of carbonyl (C=O) groups is 5. The molecule has 1 atom stereocenters. The molecule has 0 saturated heterocycles. The van der Waals surface area contributed by atoms with Gasteiger partial charge in [0, 0.05) is 18.6 Å². The molecule has 0 bridgehead atoms. The Hall–Kier alpha value is -6.33. The highest BCUT2D eigenvalue weighted by Crippen LogP contribution is 2.28. The average Bonchev–Trinajstić information content (AvgIpc) is 3.45. The van der Waals surface area contributed by atoms with E-state index in [2.05, 4.69) is 4.18 Å². The first-order valence-electron chi connectivity index (χ1n) is 14.8. The van der Waals surface area contributed by atoms with Gasteiger partial charge in [-0.3, -0.25) is 9.59 Å². The number of hydrogen-bond donors (Lipinski definition) is 0. The summed E-state index contributed by atoms with van der Waals surface area (Å²) in [7, 11) is -4.77. The Morgan fingerprint density at radius 3 is 1.54 bits per heavy atom. The average molecular weight is 740 g/mol. The number of ether oxygens (including phenoxy) is 4. The molecule has 5 rings (SSSR count). The molecule has 13 nitrogen and oxygen atoms in total. The number of alkyl halides is 3. The first kappa shape index (κ1) is 36.9. The topological polar surface area (TPSA) is 169 Å². The number of halogens is 3. The standard InChI is InChI=1S/C35H24F3NO12S/c1-47-25-12-4-22(5-13-25)32(42)49-27-14-6-23(7-15-27)33(43)48-26-10-2-21(3-11-26)20-29(51-52(45,46)35(36,37)38)34(44)50-28-16-8-24(9-17-28)39-30(40)18-19-31(39)41/h2-19,29H,20H2,1H3. The smallest absolute Gasteiger partial charge is 0.497 e. The molecule has 0 aliphatic carbocycles. The number of carbonyl (C=O) groups excluding carboxylic acids is 5. The summed E-state index contributed by atoms with van der Waals surface area (Å²) in [6.45, 7) is 0. The van der Waals surface area contributed by atoms with Gasteiger partial charge >= 0.3 is 33.5 Å². The number of methoxy groups -OCH3 is 1. The molecular formula is C35H24F3NO12S. The third-order valence-corrected chi connectivity index (χ3v) is 8.15. The summed E-state index contributed by atoms with van der Waals surface area (Å²) in [6.07, 6.45) is -0.952. The van der Waals surface area contributed by atoms with E-state index in [1.807, 2.05) is 0 Å². The zero-order valence-corrected chi connectivity index (χ0v) is 27.4. The van der Waals surface area contributed by atoms with Gasteiger partial charge in [-0.05, 0) is 90.5 Å². The monoisotopic (exact) mass is 739 g/mol. The Morgan fingerprint density at radius 2 is 1.08 bits per heavy atom. The lowest BCUT2D eigenvalue weighted by atomic mass is 10.1. The van der Waals surface area contributed by atoms with Crippen LogP contribution in [-0.2, 0) is 35.1 Å². The van der Waals surface area contributed by atoms with Gasteiger partial charge in [0.25, 0.3) is 11.8 Å². The number of imide groups is 1. The summed E-state index contributed by atoms with van der Waals surface area (Å²) in [5.41, 5.74) is -5.31. The third-order valence-electron chi connectivity index (χ3n) is 7.09. The molecule has 2 amide bonds. The molecule has 0 spiro atoms. The minimum atomic E-state index is -6.26. The maximum Gasteiger partial charge on any atom is 0.523 e. The van der Waals surface area contributed by atoms with Gasteiger partial charge < -0.3 is 18.9 Å². The summed E-state index contributed by atoms with van der Waals surface area (Å²) in [6, 6.07) is 21.4. The van der Waals surface area contributed by atoms with Crippen LogP contribution in [0.25, 0.3) is 0 Å². The highest BCUT2D eigenvalue weighted by atomic mass is 32.2. The van der Waals surface area contributed by atoms with Crippen LogP contribution in [-0.4, -0.2) is 56.9 Å². The molecule has 4 aromatic carbocycles. The van der Waals surface area contributed by atoms with E-state index in [9.17, 15) is 45.6 Å². The first-order chi connectivity index (χ1) is 24.6. The Bertz CT molecular complexity index is 2110. The number of esters is 3. The number of anilines is 1. The number of rotatable bonds is 12. The molecule has 1 aliphatic rings. The molecule has 0 N–H and O–H groups in total. The maximum atomic E-state index is 13.2. The molecule has 1 heterocycles. The van der Waals surface area contributed by atoms with Gasteiger partial charge in [0.05, 0.1) is 23.9 Å². The zero-order chi connectivity index (χ0) is 37.6. The second-order valence-corrected chi connectivity index (χ2v) is 12.2. The van der Waals surface area contributed by atoms with Gasteiger partial charge in [0.15, 0.2) is 6.10 Å². The fourth-order valence-electron chi connectivity index (χ4n) is 4.49. The van der Waals surface area contributed by atoms with Gasteiger partial charge in [-0.1, -0.05) is 12.1 Å². The van der Waals surface area contributed by atoms with Crippen molar-refractivity contribution in [3.63, 3.8) is 0 Å². The third kappa shape index (κ3) is 8.87. The summed E-state index contributed by atoms with van der Waals surface area (Å²) in [5.74, 6) is -3.79. The summed E-state index contributed by atoms with van der Waals surface area (Å²) >= 11 is 0. The fourth-order valence-corrected chi connectivity index (χ4v) is 5.05. The van der Waals surface area contributed by atoms with E-state index < -0.39 is 57.9 Å². The quantitative estimate of drug-likeness (QED) is 0.0632. The summed E-state index contributed by atoms with van der Waals surface area (Å²) < 4.78 is 88.1. The minimum absolute atomic E-state index is 0.0167. The van der Waals surface area contributed by atoms with Crippen molar-refractivity contribution in [1.82, 2.24) is 0 Å². The van der Waals surface area contributed by atoms with Gasteiger partial charge in [-0.25, -0.2) is 23.5 Å². The van der Waals surface area contributed by atoms with E-state index in [0.29, 0.717) is 5.75 Å². The van der Waals surface area contributed by atoms with E-state index >= 15 is 0 Å². The second kappa shape index (κ2) is 15.3. The molecule has 4 aromatic rings. The van der Waals surface area contributed by atoms with Crippen molar-refractivity contribution < 1.29 is 68.7 Å². The predicted molar refractivity (Wildman–Crippen MR) is 173 cm³/mol. The normalized spacial score (nSPS) is 13.4.